The van der Waals surface area contributed by atoms with E-state index >= 15 is 0 Å². The second-order valence-electron chi connectivity index (χ2n) is 4.37. The summed E-state index contributed by atoms with van der Waals surface area (Å²) in [6.07, 6.45) is 7.43. The van der Waals surface area contributed by atoms with Crippen LogP contribution in [0.25, 0.3) is 11.8 Å². The number of hydrogen-bond acceptors (Lipinski definition) is 1. The van der Waals surface area contributed by atoms with Crippen molar-refractivity contribution in [1.82, 2.24) is 9.55 Å². The highest BCUT2D eigenvalue weighted by molar-refractivity contribution is 6.35. The molecule has 0 saturated carbocycles. The molecule has 1 aromatic heterocycles. The summed E-state index contributed by atoms with van der Waals surface area (Å²) in [6, 6.07) is 5.57. The predicted molar refractivity (Wildman–Crippen MR) is 77.7 cm³/mol. The van der Waals surface area contributed by atoms with E-state index in [9.17, 15) is 0 Å². The van der Waals surface area contributed by atoms with Crippen LogP contribution in [0.3, 0.4) is 0 Å². The van der Waals surface area contributed by atoms with Gasteiger partial charge in [-0.1, -0.05) is 43.1 Å². The zero-order valence-corrected chi connectivity index (χ0v) is 11.8. The zero-order chi connectivity index (χ0) is 13.1. The topological polar surface area (TPSA) is 17.8 Å². The van der Waals surface area contributed by atoms with Crippen LogP contribution in [0.1, 0.15) is 19.4 Å². The normalized spacial score (nSPS) is 12.2. The molecular formula is C14H14Cl2N2. The molecule has 2 nitrogen and oxygen atoms in total. The first kappa shape index (κ1) is 13.2. The molecule has 2 rings (SSSR count). The molecular weight excluding hydrogens is 267 g/mol. The quantitative estimate of drug-likeness (QED) is 0.786. The molecule has 0 aliphatic rings. The van der Waals surface area contributed by atoms with Gasteiger partial charge in [-0.05, 0) is 29.2 Å². The van der Waals surface area contributed by atoms with Crippen molar-refractivity contribution in [3.05, 3.63) is 52.5 Å². The highest BCUT2D eigenvalue weighted by atomic mass is 35.5. The van der Waals surface area contributed by atoms with E-state index in [1.54, 1.807) is 18.6 Å². The van der Waals surface area contributed by atoms with Crippen LogP contribution in [0, 0.1) is 5.92 Å². The maximum absolute atomic E-state index is 6.26. The van der Waals surface area contributed by atoms with Crippen LogP contribution in [-0.4, -0.2) is 9.55 Å². The van der Waals surface area contributed by atoms with Gasteiger partial charge in [0, 0.05) is 28.6 Å². The third kappa shape index (κ3) is 2.95. The predicted octanol–water partition coefficient (Wildman–Crippen LogP) is 4.84. The maximum Gasteiger partial charge on any atom is 0.0986 e. The van der Waals surface area contributed by atoms with Crippen LogP contribution < -0.4 is 0 Å². The molecule has 94 valence electrons. The summed E-state index contributed by atoms with van der Waals surface area (Å²) >= 11 is 12.2. The van der Waals surface area contributed by atoms with E-state index in [4.69, 9.17) is 23.2 Å². The van der Waals surface area contributed by atoms with Gasteiger partial charge in [0.25, 0.3) is 0 Å². The molecule has 0 amide bonds. The summed E-state index contributed by atoms with van der Waals surface area (Å²) in [4.78, 5) is 4.03. The molecule has 0 unspecified atom stereocenters. The molecule has 0 aliphatic carbocycles. The van der Waals surface area contributed by atoms with Crippen molar-refractivity contribution in [3.8, 4) is 0 Å². The van der Waals surface area contributed by atoms with Crippen molar-refractivity contribution in [3.63, 3.8) is 0 Å². The molecule has 0 bridgehead atoms. The minimum Gasteiger partial charge on any atom is -0.313 e. The van der Waals surface area contributed by atoms with Gasteiger partial charge in [-0.15, -0.1) is 0 Å². The van der Waals surface area contributed by atoms with Crippen LogP contribution in [0.2, 0.25) is 10.0 Å². The van der Waals surface area contributed by atoms with Crippen molar-refractivity contribution in [2.24, 2.45) is 5.92 Å². The standard InChI is InChI=1S/C14H14Cl2N2/c1-10(2)13(8-18-6-5-17-9-18)12-4-3-11(15)7-14(12)16/h3-10H,1-2H3. The largest absolute Gasteiger partial charge is 0.313 e. The van der Waals surface area contributed by atoms with Gasteiger partial charge in [-0.25, -0.2) is 4.98 Å². The van der Waals surface area contributed by atoms with Crippen LogP contribution in [-0.2, 0) is 0 Å². The third-order valence-corrected chi connectivity index (χ3v) is 3.22. The van der Waals surface area contributed by atoms with E-state index in [1.165, 1.54) is 0 Å². The first-order valence-corrected chi connectivity index (χ1v) is 6.48. The Labute approximate surface area is 117 Å². The molecule has 1 aromatic carbocycles. The lowest BCUT2D eigenvalue weighted by molar-refractivity contribution is 0.854. The number of benzene rings is 1. The number of rotatable bonds is 3. The summed E-state index contributed by atoms with van der Waals surface area (Å²) in [5, 5.41) is 1.32. The van der Waals surface area contributed by atoms with Crippen molar-refractivity contribution in [2.75, 3.05) is 0 Å². The van der Waals surface area contributed by atoms with Gasteiger partial charge in [0.2, 0.25) is 0 Å². The number of imidazole rings is 1. The van der Waals surface area contributed by atoms with Gasteiger partial charge in [-0.2, -0.15) is 0 Å². The minimum absolute atomic E-state index is 0.353. The molecule has 2 aromatic rings. The molecule has 0 spiro atoms. The van der Waals surface area contributed by atoms with Crippen molar-refractivity contribution >= 4 is 35.0 Å². The SMILES string of the molecule is CC(C)C(=Cn1ccnc1)c1ccc(Cl)cc1Cl. The maximum atomic E-state index is 6.26. The molecule has 0 radical (unpaired) electrons. The second kappa shape index (κ2) is 5.59. The summed E-state index contributed by atoms with van der Waals surface area (Å²) in [6.45, 7) is 4.27. The van der Waals surface area contributed by atoms with Gasteiger partial charge in [0.1, 0.15) is 0 Å². The summed E-state index contributed by atoms with van der Waals surface area (Å²) in [7, 11) is 0. The molecule has 0 fully saturated rings. The van der Waals surface area contributed by atoms with E-state index in [1.807, 2.05) is 29.1 Å². The Morgan fingerprint density at radius 3 is 2.67 bits per heavy atom. The van der Waals surface area contributed by atoms with Crippen molar-refractivity contribution in [2.45, 2.75) is 13.8 Å². The van der Waals surface area contributed by atoms with Gasteiger partial charge >= 0.3 is 0 Å². The first-order valence-electron chi connectivity index (χ1n) is 5.72. The third-order valence-electron chi connectivity index (χ3n) is 2.68. The zero-order valence-electron chi connectivity index (χ0n) is 10.3. The summed E-state index contributed by atoms with van der Waals surface area (Å²) in [5.41, 5.74) is 2.15. The Morgan fingerprint density at radius 2 is 2.11 bits per heavy atom. The fourth-order valence-corrected chi connectivity index (χ4v) is 2.28. The Bertz CT molecular complexity index is 557. The Kier molecular flexibility index (Phi) is 4.10. The highest BCUT2D eigenvalue weighted by Gasteiger charge is 2.11. The molecule has 0 saturated heterocycles. The van der Waals surface area contributed by atoms with Crippen LogP contribution in [0.5, 0.6) is 0 Å². The van der Waals surface area contributed by atoms with Crippen molar-refractivity contribution in [1.29, 1.82) is 0 Å². The number of hydrogen-bond donors (Lipinski definition) is 0. The number of aromatic nitrogens is 2. The molecule has 18 heavy (non-hydrogen) atoms. The highest BCUT2D eigenvalue weighted by Crippen LogP contribution is 2.31. The van der Waals surface area contributed by atoms with Crippen LogP contribution in [0.4, 0.5) is 0 Å². The molecule has 1 heterocycles. The van der Waals surface area contributed by atoms with Gasteiger partial charge in [0.15, 0.2) is 0 Å². The lowest BCUT2D eigenvalue weighted by atomic mass is 9.96. The van der Waals surface area contributed by atoms with E-state index in [-0.39, 0.29) is 0 Å². The first-order chi connectivity index (χ1) is 8.58. The molecule has 0 N–H and O–H groups in total. The average molecular weight is 281 g/mol. The summed E-state index contributed by atoms with van der Waals surface area (Å²) in [5.74, 6) is 0.353. The lowest BCUT2D eigenvalue weighted by Gasteiger charge is -2.14. The Morgan fingerprint density at radius 1 is 1.33 bits per heavy atom. The van der Waals surface area contributed by atoms with E-state index in [2.05, 4.69) is 18.8 Å². The fraction of sp³-hybridized carbons (Fsp3) is 0.214. The smallest absolute Gasteiger partial charge is 0.0986 e. The molecule has 4 heteroatoms. The number of allylic oxidation sites excluding steroid dienone is 1. The van der Waals surface area contributed by atoms with Crippen LogP contribution >= 0.6 is 23.2 Å². The molecule has 0 atom stereocenters. The summed E-state index contributed by atoms with van der Waals surface area (Å²) < 4.78 is 1.92. The molecule has 0 aliphatic heterocycles. The van der Waals surface area contributed by atoms with E-state index < -0.39 is 0 Å². The Balaban J connectivity index is 2.48. The number of halogens is 2. The lowest BCUT2D eigenvalue weighted by Crippen LogP contribution is -1.97. The average Bonchev–Trinajstić information content (AvgIpc) is 2.79. The Hall–Kier alpha value is -1.25. The minimum atomic E-state index is 0.353. The van der Waals surface area contributed by atoms with Crippen molar-refractivity contribution < 1.29 is 0 Å². The van der Waals surface area contributed by atoms with E-state index in [0.29, 0.717) is 16.0 Å². The monoisotopic (exact) mass is 280 g/mol. The second-order valence-corrected chi connectivity index (χ2v) is 5.22. The van der Waals surface area contributed by atoms with Gasteiger partial charge in [0.05, 0.1) is 6.33 Å². The fourth-order valence-electron chi connectivity index (χ4n) is 1.76. The van der Waals surface area contributed by atoms with Gasteiger partial charge in [-0.3, -0.25) is 0 Å². The number of nitrogens with zero attached hydrogens (tertiary/aromatic N) is 2. The van der Waals surface area contributed by atoms with Gasteiger partial charge < -0.3 is 4.57 Å². The van der Waals surface area contributed by atoms with E-state index in [0.717, 1.165) is 11.1 Å². The van der Waals surface area contributed by atoms with Crippen LogP contribution in [0.15, 0.2) is 36.9 Å².